The van der Waals surface area contributed by atoms with Gasteiger partial charge in [0.1, 0.15) is 11.0 Å². The largest absolute Gasteiger partial charge is 0.481 e. The number of aliphatic carboxylic acids is 1. The first-order valence-corrected chi connectivity index (χ1v) is 6.44. The number of carboxylic acid groups (broad SMARTS) is 1. The number of nitrogens with zero attached hydrogens (tertiary/aromatic N) is 2. The third-order valence-electron chi connectivity index (χ3n) is 3.26. The van der Waals surface area contributed by atoms with E-state index in [0.717, 1.165) is 0 Å². The van der Waals surface area contributed by atoms with Crippen LogP contribution in [0.2, 0.25) is 5.15 Å². The van der Waals surface area contributed by atoms with Gasteiger partial charge in [-0.3, -0.25) is 9.48 Å². The third-order valence-corrected chi connectivity index (χ3v) is 3.73. The summed E-state index contributed by atoms with van der Waals surface area (Å²) in [5.74, 6) is -2.61. The molecule has 0 radical (unpaired) electrons. The molecule has 6 heteroatoms. The van der Waals surface area contributed by atoms with E-state index in [9.17, 15) is 14.3 Å². The quantitative estimate of drug-likeness (QED) is 0.944. The molecule has 1 heterocycles. The van der Waals surface area contributed by atoms with Crippen LogP contribution in [0.1, 0.15) is 22.7 Å². The summed E-state index contributed by atoms with van der Waals surface area (Å²) in [4.78, 5) is 11.4. The topological polar surface area (TPSA) is 55.1 Å². The molecule has 106 valence electrons. The van der Waals surface area contributed by atoms with E-state index in [1.54, 1.807) is 20.0 Å². The van der Waals surface area contributed by atoms with E-state index < -0.39 is 17.7 Å². The Morgan fingerprint density at radius 2 is 2.15 bits per heavy atom. The van der Waals surface area contributed by atoms with Crippen LogP contribution in [0.15, 0.2) is 24.3 Å². The van der Waals surface area contributed by atoms with Gasteiger partial charge in [0.2, 0.25) is 0 Å². The molecule has 1 aromatic heterocycles. The van der Waals surface area contributed by atoms with Crippen molar-refractivity contribution in [3.63, 3.8) is 0 Å². The van der Waals surface area contributed by atoms with Crippen LogP contribution in [0.25, 0.3) is 0 Å². The Kier molecular flexibility index (Phi) is 4.09. The molecule has 1 aromatic carbocycles. The Bertz CT molecular complexity index is 655. The van der Waals surface area contributed by atoms with Crippen LogP contribution in [-0.2, 0) is 18.3 Å². The molecule has 4 nitrogen and oxygen atoms in total. The Labute approximate surface area is 120 Å². The van der Waals surface area contributed by atoms with Crippen LogP contribution in [-0.4, -0.2) is 20.9 Å². The lowest BCUT2D eigenvalue weighted by molar-refractivity contribution is -0.138. The van der Waals surface area contributed by atoms with Gasteiger partial charge in [-0.1, -0.05) is 29.8 Å². The first-order valence-electron chi connectivity index (χ1n) is 6.07. The monoisotopic (exact) mass is 296 g/mol. The Hall–Kier alpha value is -1.88. The average molecular weight is 297 g/mol. The van der Waals surface area contributed by atoms with Crippen molar-refractivity contribution in [2.45, 2.75) is 19.3 Å². The molecule has 0 fully saturated rings. The van der Waals surface area contributed by atoms with Gasteiger partial charge in [0.25, 0.3) is 0 Å². The van der Waals surface area contributed by atoms with Gasteiger partial charge in [-0.2, -0.15) is 5.10 Å². The molecule has 0 saturated heterocycles. The van der Waals surface area contributed by atoms with Crippen molar-refractivity contribution < 1.29 is 14.3 Å². The van der Waals surface area contributed by atoms with Crippen molar-refractivity contribution in [2.24, 2.45) is 7.05 Å². The van der Waals surface area contributed by atoms with Gasteiger partial charge in [-0.05, 0) is 19.4 Å². The summed E-state index contributed by atoms with van der Waals surface area (Å²) in [6.07, 6.45) is 0.106. The fraction of sp³-hybridized carbons (Fsp3) is 0.286. The predicted molar refractivity (Wildman–Crippen MR) is 73.4 cm³/mol. The van der Waals surface area contributed by atoms with Crippen molar-refractivity contribution in [1.82, 2.24) is 9.78 Å². The number of benzene rings is 1. The number of aromatic nitrogens is 2. The fourth-order valence-electron chi connectivity index (χ4n) is 2.20. The molecule has 0 aliphatic rings. The molecule has 0 spiro atoms. The summed E-state index contributed by atoms with van der Waals surface area (Å²) in [5.41, 5.74) is 1.43. The molecule has 20 heavy (non-hydrogen) atoms. The number of hydrogen-bond donors (Lipinski definition) is 1. The lowest BCUT2D eigenvalue weighted by atomic mass is 9.92. The van der Waals surface area contributed by atoms with Gasteiger partial charge in [0.05, 0.1) is 11.6 Å². The second kappa shape index (κ2) is 5.63. The summed E-state index contributed by atoms with van der Waals surface area (Å²) in [5, 5.41) is 13.9. The van der Waals surface area contributed by atoms with Crippen molar-refractivity contribution >= 4 is 17.6 Å². The van der Waals surface area contributed by atoms with E-state index >= 15 is 0 Å². The molecule has 2 rings (SSSR count). The second-order valence-electron chi connectivity index (χ2n) is 4.59. The van der Waals surface area contributed by atoms with Crippen LogP contribution < -0.4 is 0 Å². The summed E-state index contributed by atoms with van der Waals surface area (Å²) < 4.78 is 15.3. The number of hydrogen-bond acceptors (Lipinski definition) is 2. The maximum absolute atomic E-state index is 13.8. The zero-order valence-corrected chi connectivity index (χ0v) is 11.9. The molecule has 0 aliphatic carbocycles. The lowest BCUT2D eigenvalue weighted by Crippen LogP contribution is -2.16. The smallest absolute Gasteiger partial charge is 0.311 e. The van der Waals surface area contributed by atoms with E-state index in [-0.39, 0.29) is 12.0 Å². The fourth-order valence-corrected chi connectivity index (χ4v) is 2.45. The predicted octanol–water partition coefficient (Wildman–Crippen LogP) is 2.93. The number of carboxylic acids is 1. The van der Waals surface area contributed by atoms with Gasteiger partial charge in [-0.15, -0.1) is 0 Å². The maximum Gasteiger partial charge on any atom is 0.311 e. The van der Waals surface area contributed by atoms with E-state index in [2.05, 4.69) is 5.10 Å². The number of rotatable bonds is 4. The van der Waals surface area contributed by atoms with Crippen molar-refractivity contribution in [1.29, 1.82) is 0 Å². The normalized spacial score (nSPS) is 12.4. The van der Waals surface area contributed by atoms with Crippen LogP contribution in [0.3, 0.4) is 0 Å². The van der Waals surface area contributed by atoms with Crippen LogP contribution in [0, 0.1) is 12.7 Å². The van der Waals surface area contributed by atoms with Gasteiger partial charge >= 0.3 is 5.97 Å². The average Bonchev–Trinajstić information content (AvgIpc) is 2.62. The SMILES string of the molecule is Cc1nn(C)c(Cl)c1CC(C(=O)O)c1ccccc1F. The van der Waals surface area contributed by atoms with Crippen LogP contribution >= 0.6 is 11.6 Å². The molecule has 2 aromatic rings. The summed E-state index contributed by atoms with van der Waals surface area (Å²) in [6.45, 7) is 1.75. The Morgan fingerprint density at radius 1 is 1.50 bits per heavy atom. The van der Waals surface area contributed by atoms with Crippen molar-refractivity contribution in [3.05, 3.63) is 52.1 Å². The number of aryl methyl sites for hydroxylation is 2. The van der Waals surface area contributed by atoms with Gasteiger partial charge in [0.15, 0.2) is 0 Å². The highest BCUT2D eigenvalue weighted by atomic mass is 35.5. The standard InChI is InChI=1S/C14H14ClFN2O2/c1-8-10(13(15)18(2)17-8)7-11(14(19)20)9-5-3-4-6-12(9)16/h3-6,11H,7H2,1-2H3,(H,19,20). The minimum absolute atomic E-state index is 0.106. The molecule has 1 N–H and O–H groups in total. The molecule has 0 amide bonds. The summed E-state index contributed by atoms with van der Waals surface area (Å²) in [7, 11) is 1.68. The Morgan fingerprint density at radius 3 is 2.65 bits per heavy atom. The van der Waals surface area contributed by atoms with E-state index in [1.165, 1.54) is 22.9 Å². The molecule has 0 bridgehead atoms. The van der Waals surface area contributed by atoms with Crippen molar-refractivity contribution in [3.8, 4) is 0 Å². The highest BCUT2D eigenvalue weighted by Gasteiger charge is 2.26. The van der Waals surface area contributed by atoms with Crippen molar-refractivity contribution in [2.75, 3.05) is 0 Å². The molecule has 0 aliphatic heterocycles. The third kappa shape index (κ3) is 2.67. The van der Waals surface area contributed by atoms with E-state index in [1.807, 2.05) is 0 Å². The minimum Gasteiger partial charge on any atom is -0.481 e. The molecular formula is C14H14ClFN2O2. The van der Waals surface area contributed by atoms with E-state index in [4.69, 9.17) is 11.6 Å². The lowest BCUT2D eigenvalue weighted by Gasteiger charge is -2.13. The second-order valence-corrected chi connectivity index (χ2v) is 4.95. The van der Waals surface area contributed by atoms with Gasteiger partial charge in [-0.25, -0.2) is 4.39 Å². The van der Waals surface area contributed by atoms with Crippen LogP contribution in [0.4, 0.5) is 4.39 Å². The molecule has 1 atom stereocenters. The van der Waals surface area contributed by atoms with Gasteiger partial charge < -0.3 is 5.11 Å². The highest BCUT2D eigenvalue weighted by molar-refractivity contribution is 6.30. The zero-order chi connectivity index (χ0) is 14.9. The van der Waals surface area contributed by atoms with Gasteiger partial charge in [0, 0.05) is 18.2 Å². The van der Waals surface area contributed by atoms with E-state index in [0.29, 0.717) is 16.4 Å². The summed E-state index contributed by atoms with van der Waals surface area (Å²) >= 11 is 6.10. The Balaban J connectivity index is 2.41. The maximum atomic E-state index is 13.8. The molecule has 0 saturated carbocycles. The first-order chi connectivity index (χ1) is 9.41. The number of halogens is 2. The molecular weight excluding hydrogens is 283 g/mol. The molecule has 1 unspecified atom stereocenters. The minimum atomic E-state index is -1.09. The summed E-state index contributed by atoms with van der Waals surface area (Å²) in [6, 6.07) is 5.88. The first kappa shape index (κ1) is 14.5. The number of carbonyl (C=O) groups is 1. The highest BCUT2D eigenvalue weighted by Crippen LogP contribution is 2.28. The zero-order valence-electron chi connectivity index (χ0n) is 11.1. The van der Waals surface area contributed by atoms with Crippen LogP contribution in [0.5, 0.6) is 0 Å².